The molecule has 0 fully saturated rings. The smallest absolute Gasteiger partial charge is 0.263 e. The second-order valence-corrected chi connectivity index (χ2v) is 5.55. The first-order valence-corrected chi connectivity index (χ1v) is 6.54. The zero-order valence-corrected chi connectivity index (χ0v) is 10.4. The van der Waals surface area contributed by atoms with Gasteiger partial charge in [0.25, 0.3) is 8.05 Å². The van der Waals surface area contributed by atoms with Gasteiger partial charge in [-0.25, -0.2) is 0 Å². The van der Waals surface area contributed by atoms with E-state index < -0.39 is 8.15 Å². The van der Waals surface area contributed by atoms with Crippen LogP contribution in [0.3, 0.4) is 0 Å². The summed E-state index contributed by atoms with van der Waals surface area (Å²) in [5, 5.41) is 2.56. The molecule has 3 heteroatoms. The molecule has 0 saturated carbocycles. The van der Waals surface area contributed by atoms with Crippen LogP contribution in [0.4, 0.5) is 0 Å². The van der Waals surface area contributed by atoms with Crippen molar-refractivity contribution >= 4 is 26.8 Å². The van der Waals surface area contributed by atoms with Gasteiger partial charge in [0.05, 0.1) is 8.15 Å². The maximum absolute atomic E-state index is 5.67. The molecule has 0 spiro atoms. The minimum absolute atomic E-state index is 0.669. The Morgan fingerprint density at radius 3 is 2.19 bits per heavy atom. The second kappa shape index (κ2) is 5.29. The van der Waals surface area contributed by atoms with Crippen molar-refractivity contribution in [1.82, 2.24) is 0 Å². The van der Waals surface area contributed by atoms with Crippen LogP contribution in [-0.2, 0) is 4.44 Å². The van der Waals surface area contributed by atoms with Crippen molar-refractivity contribution in [2.24, 2.45) is 0 Å². The second-order valence-electron chi connectivity index (χ2n) is 3.60. The molecule has 0 unspecified atom stereocenters. The van der Waals surface area contributed by atoms with Gasteiger partial charge in [0, 0.05) is 10.6 Å². The van der Waals surface area contributed by atoms with Crippen LogP contribution in [-0.4, -0.2) is 8.05 Å². The minimum atomic E-state index is -0.669. The van der Waals surface area contributed by atoms with E-state index in [1.54, 1.807) is 8.05 Å². The molecule has 0 heterocycles. The van der Waals surface area contributed by atoms with E-state index in [-0.39, 0.29) is 0 Å². The summed E-state index contributed by atoms with van der Waals surface area (Å²) >= 11 is 0. The van der Waals surface area contributed by atoms with E-state index in [9.17, 15) is 0 Å². The maximum atomic E-state index is 5.67. The number of hydrogen-bond donors (Lipinski definition) is 0. The Kier molecular flexibility index (Phi) is 3.76. The van der Waals surface area contributed by atoms with Gasteiger partial charge in [-0.3, -0.25) is 0 Å². The fraction of sp³-hybridized carbons (Fsp3) is 0.0769. The SMILES string of the molecule is BO[P@](c1ccccc1)c1ccccc1C. The highest BCUT2D eigenvalue weighted by Crippen LogP contribution is 2.34. The third-order valence-electron chi connectivity index (χ3n) is 2.51. The van der Waals surface area contributed by atoms with Crippen molar-refractivity contribution in [2.75, 3.05) is 0 Å². The summed E-state index contributed by atoms with van der Waals surface area (Å²) in [6, 6.07) is 18.8. The van der Waals surface area contributed by atoms with Gasteiger partial charge in [-0.05, 0) is 12.5 Å². The van der Waals surface area contributed by atoms with Crippen LogP contribution in [0.2, 0.25) is 0 Å². The molecule has 1 atom stereocenters. The van der Waals surface area contributed by atoms with Crippen LogP contribution in [0.1, 0.15) is 5.56 Å². The summed E-state index contributed by atoms with van der Waals surface area (Å²) in [5.41, 5.74) is 1.29. The van der Waals surface area contributed by atoms with Crippen LogP contribution in [0.25, 0.3) is 0 Å². The molecule has 0 saturated heterocycles. The topological polar surface area (TPSA) is 9.23 Å². The van der Waals surface area contributed by atoms with E-state index in [4.69, 9.17) is 4.44 Å². The lowest BCUT2D eigenvalue weighted by Crippen LogP contribution is -2.15. The van der Waals surface area contributed by atoms with Crippen LogP contribution in [0, 0.1) is 6.92 Å². The molecule has 1 nitrogen and oxygen atoms in total. The summed E-state index contributed by atoms with van der Waals surface area (Å²) in [7, 11) is 1.11. The van der Waals surface area contributed by atoms with E-state index in [0.29, 0.717) is 0 Å². The average molecular weight is 228 g/mol. The fourth-order valence-corrected chi connectivity index (χ4v) is 3.44. The monoisotopic (exact) mass is 228 g/mol. The molecule has 80 valence electrons. The van der Waals surface area contributed by atoms with Gasteiger partial charge in [0.2, 0.25) is 0 Å². The molecular formula is C13H14BOP. The zero-order valence-electron chi connectivity index (χ0n) is 9.55. The fourth-order valence-electron chi connectivity index (χ4n) is 1.70. The molecule has 0 aliphatic rings. The summed E-state index contributed by atoms with van der Waals surface area (Å²) in [5.74, 6) is 0. The van der Waals surface area contributed by atoms with Crippen molar-refractivity contribution < 1.29 is 4.44 Å². The van der Waals surface area contributed by atoms with Crippen molar-refractivity contribution in [1.29, 1.82) is 0 Å². The molecule has 0 amide bonds. The van der Waals surface area contributed by atoms with E-state index >= 15 is 0 Å². The molecule has 2 aromatic rings. The third kappa shape index (κ3) is 2.34. The Morgan fingerprint density at radius 1 is 0.938 bits per heavy atom. The molecular weight excluding hydrogens is 214 g/mol. The lowest BCUT2D eigenvalue weighted by molar-refractivity contribution is 0.705. The number of rotatable bonds is 3. The standard InChI is InChI=1S/C13H14BOP/c1-11-7-5-6-10-13(11)16(15-14)12-8-3-2-4-9-12/h2-10H,14H2,1H3/t16-/m1/s1. The van der Waals surface area contributed by atoms with Gasteiger partial charge in [-0.2, -0.15) is 0 Å². The van der Waals surface area contributed by atoms with Crippen molar-refractivity contribution in [2.45, 2.75) is 6.92 Å². The van der Waals surface area contributed by atoms with Crippen LogP contribution in [0.5, 0.6) is 0 Å². The van der Waals surface area contributed by atoms with Gasteiger partial charge < -0.3 is 4.44 Å². The summed E-state index contributed by atoms with van der Waals surface area (Å²) < 4.78 is 5.67. The summed E-state index contributed by atoms with van der Waals surface area (Å²) in [6.07, 6.45) is 0. The Balaban J connectivity index is 2.41. The molecule has 0 N–H and O–H groups in total. The molecule has 0 aromatic heterocycles. The van der Waals surface area contributed by atoms with Gasteiger partial charge >= 0.3 is 0 Å². The van der Waals surface area contributed by atoms with Gasteiger partial charge in [-0.15, -0.1) is 0 Å². The lowest BCUT2D eigenvalue weighted by Gasteiger charge is -2.18. The normalized spacial score (nSPS) is 12.3. The molecule has 0 aliphatic carbocycles. The van der Waals surface area contributed by atoms with E-state index in [1.807, 2.05) is 6.07 Å². The highest BCUT2D eigenvalue weighted by Gasteiger charge is 2.13. The number of hydrogen-bond acceptors (Lipinski definition) is 1. The van der Waals surface area contributed by atoms with Crippen LogP contribution in [0.15, 0.2) is 54.6 Å². The van der Waals surface area contributed by atoms with E-state index in [0.717, 1.165) is 0 Å². The molecule has 0 aliphatic heterocycles. The quantitative estimate of drug-likeness (QED) is 0.575. The van der Waals surface area contributed by atoms with E-state index in [2.05, 4.69) is 55.5 Å². The Bertz CT molecular complexity index is 458. The summed E-state index contributed by atoms with van der Waals surface area (Å²) in [4.78, 5) is 0. The first kappa shape index (κ1) is 11.4. The van der Waals surface area contributed by atoms with Gasteiger partial charge in [0.15, 0.2) is 0 Å². The summed E-state index contributed by atoms with van der Waals surface area (Å²) in [6.45, 7) is 2.13. The average Bonchev–Trinajstić information content (AvgIpc) is 2.34. The predicted molar refractivity (Wildman–Crippen MR) is 73.4 cm³/mol. The van der Waals surface area contributed by atoms with Crippen molar-refractivity contribution in [3.8, 4) is 0 Å². The Morgan fingerprint density at radius 2 is 1.56 bits per heavy atom. The molecule has 0 bridgehead atoms. The molecule has 0 radical (unpaired) electrons. The minimum Gasteiger partial charge on any atom is -0.417 e. The maximum Gasteiger partial charge on any atom is 0.263 e. The molecule has 2 rings (SSSR count). The largest absolute Gasteiger partial charge is 0.417 e. The molecule has 16 heavy (non-hydrogen) atoms. The van der Waals surface area contributed by atoms with Gasteiger partial charge in [0.1, 0.15) is 0 Å². The first-order chi connectivity index (χ1) is 7.83. The highest BCUT2D eigenvalue weighted by molar-refractivity contribution is 7.69. The molecule has 2 aromatic carbocycles. The number of benzene rings is 2. The van der Waals surface area contributed by atoms with Crippen molar-refractivity contribution in [3.63, 3.8) is 0 Å². The third-order valence-corrected chi connectivity index (χ3v) is 4.58. The predicted octanol–water partition coefficient (Wildman–Crippen LogP) is 1.91. The zero-order chi connectivity index (χ0) is 11.4. The highest BCUT2D eigenvalue weighted by atomic mass is 31.1. The van der Waals surface area contributed by atoms with Gasteiger partial charge in [-0.1, -0.05) is 54.6 Å². The van der Waals surface area contributed by atoms with Crippen LogP contribution < -0.4 is 10.6 Å². The first-order valence-electron chi connectivity index (χ1n) is 5.28. The lowest BCUT2D eigenvalue weighted by atomic mass is 10.2. The Hall–Kier alpha value is -1.11. The Labute approximate surface area is 98.7 Å². The number of aryl methyl sites for hydroxylation is 1. The van der Waals surface area contributed by atoms with E-state index in [1.165, 1.54) is 16.2 Å². The van der Waals surface area contributed by atoms with Crippen molar-refractivity contribution in [3.05, 3.63) is 60.2 Å². The van der Waals surface area contributed by atoms with Crippen LogP contribution >= 0.6 is 8.15 Å².